The minimum Gasteiger partial charge on any atom is -0.393 e. The van der Waals surface area contributed by atoms with E-state index in [2.05, 4.69) is 0 Å². The standard InChI is InChI=1S/C30H33Cl2F3N2O3/c31-26-16-21(18-1-3-19(4-2-18)28(39)36-12-10-22(11-13-36)30(33,34)35)17-27(32)25(26)15-20-9-14-37(29(20)40)23-5-7-24(38)8-6-23/h1-4,16-17,20,22-24,38H,5-15H2/t20-,23-,24+/m0/s1. The molecule has 1 atom stereocenters. The van der Waals surface area contributed by atoms with Crippen LogP contribution in [0.3, 0.4) is 0 Å². The quantitative estimate of drug-likeness (QED) is 0.414. The van der Waals surface area contributed by atoms with Crippen molar-refractivity contribution in [1.29, 1.82) is 0 Å². The van der Waals surface area contributed by atoms with Gasteiger partial charge in [0, 0.05) is 47.2 Å². The fourth-order valence-corrected chi connectivity index (χ4v) is 6.94. The predicted molar refractivity (Wildman–Crippen MR) is 148 cm³/mol. The van der Waals surface area contributed by atoms with Crippen molar-refractivity contribution in [2.75, 3.05) is 19.6 Å². The fourth-order valence-electron chi connectivity index (χ4n) is 6.29. The van der Waals surface area contributed by atoms with Gasteiger partial charge in [-0.2, -0.15) is 13.2 Å². The Morgan fingerprint density at radius 1 is 0.875 bits per heavy atom. The molecule has 0 aromatic heterocycles. The molecule has 2 aliphatic heterocycles. The zero-order valence-electron chi connectivity index (χ0n) is 22.1. The number of piperidine rings is 1. The summed E-state index contributed by atoms with van der Waals surface area (Å²) in [5.41, 5.74) is 2.72. The summed E-state index contributed by atoms with van der Waals surface area (Å²) in [7, 11) is 0. The molecule has 1 N–H and O–H groups in total. The highest BCUT2D eigenvalue weighted by atomic mass is 35.5. The van der Waals surface area contributed by atoms with Gasteiger partial charge in [0.25, 0.3) is 5.91 Å². The molecule has 2 aromatic carbocycles. The maximum Gasteiger partial charge on any atom is 0.391 e. The van der Waals surface area contributed by atoms with Crippen LogP contribution in [0.15, 0.2) is 36.4 Å². The van der Waals surface area contributed by atoms with Crippen LogP contribution >= 0.6 is 23.2 Å². The van der Waals surface area contributed by atoms with E-state index in [0.29, 0.717) is 28.6 Å². The molecular weight excluding hydrogens is 564 g/mol. The summed E-state index contributed by atoms with van der Waals surface area (Å²) in [6.07, 6.45) is -0.311. The highest BCUT2D eigenvalue weighted by molar-refractivity contribution is 6.36. The summed E-state index contributed by atoms with van der Waals surface area (Å²) in [5, 5.41) is 10.7. The van der Waals surface area contributed by atoms with Gasteiger partial charge in [0.2, 0.25) is 5.91 Å². The third kappa shape index (κ3) is 6.29. The van der Waals surface area contributed by atoms with Gasteiger partial charge < -0.3 is 14.9 Å². The van der Waals surface area contributed by atoms with Crippen LogP contribution in [0.1, 0.15) is 60.9 Å². The number of hydrogen-bond acceptors (Lipinski definition) is 3. The second-order valence-corrected chi connectivity index (χ2v) is 12.1. The average molecular weight is 598 g/mol. The molecule has 0 radical (unpaired) electrons. The lowest BCUT2D eigenvalue weighted by Gasteiger charge is -2.33. The number of likely N-dealkylation sites (tertiary alicyclic amines) is 2. The van der Waals surface area contributed by atoms with Crippen molar-refractivity contribution >= 4 is 35.0 Å². The molecule has 2 amide bonds. The maximum atomic E-state index is 13.2. The van der Waals surface area contributed by atoms with Crippen LogP contribution in [0.25, 0.3) is 11.1 Å². The Bertz CT molecular complexity index is 1210. The van der Waals surface area contributed by atoms with Crippen molar-refractivity contribution in [3.05, 3.63) is 57.6 Å². The van der Waals surface area contributed by atoms with Gasteiger partial charge in [0.15, 0.2) is 0 Å². The molecule has 0 unspecified atom stereocenters. The first-order chi connectivity index (χ1) is 19.0. The largest absolute Gasteiger partial charge is 0.393 e. The first-order valence-electron chi connectivity index (χ1n) is 13.9. The minimum atomic E-state index is -4.22. The number of rotatable bonds is 5. The van der Waals surface area contributed by atoms with Crippen molar-refractivity contribution in [3.63, 3.8) is 0 Å². The topological polar surface area (TPSA) is 60.9 Å². The van der Waals surface area contributed by atoms with E-state index >= 15 is 0 Å². The third-order valence-electron chi connectivity index (χ3n) is 8.76. The average Bonchev–Trinajstić information content (AvgIpc) is 3.30. The number of alkyl halides is 3. The van der Waals surface area contributed by atoms with E-state index in [9.17, 15) is 27.9 Å². The van der Waals surface area contributed by atoms with Gasteiger partial charge in [0.1, 0.15) is 0 Å². The minimum absolute atomic E-state index is 0.0775. The summed E-state index contributed by atoms with van der Waals surface area (Å²) in [6, 6.07) is 10.7. The van der Waals surface area contributed by atoms with Crippen LogP contribution in [0.4, 0.5) is 13.2 Å². The van der Waals surface area contributed by atoms with Crippen molar-refractivity contribution in [2.45, 2.75) is 69.7 Å². The van der Waals surface area contributed by atoms with Gasteiger partial charge in [-0.05, 0) is 92.3 Å². The van der Waals surface area contributed by atoms with E-state index in [1.54, 1.807) is 36.4 Å². The van der Waals surface area contributed by atoms with Crippen LogP contribution in [0.5, 0.6) is 0 Å². The van der Waals surface area contributed by atoms with Gasteiger partial charge in [-0.1, -0.05) is 35.3 Å². The van der Waals surface area contributed by atoms with Crippen molar-refractivity contribution in [2.24, 2.45) is 11.8 Å². The van der Waals surface area contributed by atoms with Gasteiger partial charge >= 0.3 is 6.18 Å². The maximum absolute atomic E-state index is 13.2. The summed E-state index contributed by atoms with van der Waals surface area (Å²) < 4.78 is 38.8. The van der Waals surface area contributed by atoms with Gasteiger partial charge in [-0.25, -0.2) is 0 Å². The molecule has 40 heavy (non-hydrogen) atoms. The van der Waals surface area contributed by atoms with Crippen LogP contribution in [-0.2, 0) is 11.2 Å². The van der Waals surface area contributed by atoms with Crippen LogP contribution in [0.2, 0.25) is 10.0 Å². The number of halogens is 5. The zero-order chi connectivity index (χ0) is 28.6. The number of aliphatic hydroxyl groups excluding tert-OH is 1. The molecule has 5 rings (SSSR count). The Morgan fingerprint density at radius 2 is 1.48 bits per heavy atom. The van der Waals surface area contributed by atoms with Crippen molar-refractivity contribution in [3.8, 4) is 11.1 Å². The monoisotopic (exact) mass is 596 g/mol. The second-order valence-electron chi connectivity index (χ2n) is 11.3. The Balaban J connectivity index is 1.22. The van der Waals surface area contributed by atoms with Gasteiger partial charge in [-0.15, -0.1) is 0 Å². The molecule has 0 bridgehead atoms. The zero-order valence-corrected chi connectivity index (χ0v) is 23.6. The third-order valence-corrected chi connectivity index (χ3v) is 9.43. The Kier molecular flexibility index (Phi) is 8.69. The van der Waals surface area contributed by atoms with Gasteiger partial charge in [0.05, 0.1) is 12.0 Å². The number of amides is 2. The number of carbonyl (C=O) groups is 2. The molecular formula is C30H33Cl2F3N2O3. The molecule has 3 aliphatic rings. The first-order valence-corrected chi connectivity index (χ1v) is 14.7. The summed E-state index contributed by atoms with van der Waals surface area (Å²) in [6.45, 7) is 0.883. The van der Waals surface area contributed by atoms with E-state index in [4.69, 9.17) is 23.2 Å². The number of benzene rings is 2. The summed E-state index contributed by atoms with van der Waals surface area (Å²) in [5.74, 6) is -1.69. The second kappa shape index (κ2) is 11.9. The number of aliphatic hydroxyl groups is 1. The SMILES string of the molecule is O=C(c1ccc(-c2cc(Cl)c(C[C@@H]3CCN([C@H]4CC[C@@H](O)CC4)C3=O)c(Cl)c2)cc1)N1CCC(C(F)(F)F)CC1. The number of hydrogen-bond donors (Lipinski definition) is 1. The molecule has 216 valence electrons. The van der Waals surface area contributed by atoms with E-state index in [0.717, 1.165) is 48.8 Å². The first kappa shape index (κ1) is 29.2. The Hall–Kier alpha value is -2.29. The predicted octanol–water partition coefficient (Wildman–Crippen LogP) is 6.77. The fraction of sp³-hybridized carbons (Fsp3) is 0.533. The number of nitrogens with zero attached hydrogens (tertiary/aromatic N) is 2. The molecule has 0 spiro atoms. The summed E-state index contributed by atoms with van der Waals surface area (Å²) in [4.78, 5) is 29.4. The van der Waals surface area contributed by atoms with Crippen LogP contribution in [0, 0.1) is 11.8 Å². The molecule has 1 aliphatic carbocycles. The summed E-state index contributed by atoms with van der Waals surface area (Å²) >= 11 is 13.3. The Morgan fingerprint density at radius 3 is 2.05 bits per heavy atom. The van der Waals surface area contributed by atoms with E-state index in [-0.39, 0.29) is 55.8 Å². The molecule has 5 nitrogen and oxygen atoms in total. The molecule has 2 heterocycles. The smallest absolute Gasteiger partial charge is 0.391 e. The van der Waals surface area contributed by atoms with Gasteiger partial charge in [-0.3, -0.25) is 9.59 Å². The lowest BCUT2D eigenvalue weighted by Crippen LogP contribution is -2.42. The van der Waals surface area contributed by atoms with Crippen LogP contribution < -0.4 is 0 Å². The molecule has 10 heteroatoms. The van der Waals surface area contributed by atoms with Crippen molar-refractivity contribution in [1.82, 2.24) is 9.80 Å². The number of carbonyl (C=O) groups excluding carboxylic acids is 2. The van der Waals surface area contributed by atoms with Crippen molar-refractivity contribution < 1.29 is 27.9 Å². The van der Waals surface area contributed by atoms with E-state index in [1.807, 2.05) is 4.90 Å². The highest BCUT2D eigenvalue weighted by Crippen LogP contribution is 2.37. The molecule has 3 fully saturated rings. The highest BCUT2D eigenvalue weighted by Gasteiger charge is 2.42. The molecule has 2 saturated heterocycles. The van der Waals surface area contributed by atoms with E-state index in [1.165, 1.54) is 4.90 Å². The lowest BCUT2D eigenvalue weighted by atomic mass is 9.92. The Labute approximate surface area is 242 Å². The normalized spacial score (nSPS) is 24.6. The van der Waals surface area contributed by atoms with Crippen LogP contribution in [-0.4, -0.2) is 64.7 Å². The molecule has 1 saturated carbocycles. The molecule has 2 aromatic rings. The van der Waals surface area contributed by atoms with E-state index < -0.39 is 12.1 Å². The lowest BCUT2D eigenvalue weighted by molar-refractivity contribution is -0.183.